The fourth-order valence-corrected chi connectivity index (χ4v) is 5.02. The van der Waals surface area contributed by atoms with E-state index in [1.165, 1.54) is 10.4 Å². The number of ether oxygens (including phenoxy) is 1. The Balaban J connectivity index is 1.46. The zero-order chi connectivity index (χ0) is 23.7. The molecule has 8 nitrogen and oxygen atoms in total. The van der Waals surface area contributed by atoms with Gasteiger partial charge in [0.25, 0.3) is 0 Å². The molecular formula is C24H29N3O5S. The van der Waals surface area contributed by atoms with Gasteiger partial charge in [-0.3, -0.25) is 4.79 Å². The number of nitrogens with zero attached hydrogens (tertiary/aromatic N) is 1. The summed E-state index contributed by atoms with van der Waals surface area (Å²) in [5.74, 6) is 0.0273. The highest BCUT2D eigenvalue weighted by Crippen LogP contribution is 2.23. The number of nitrogens with one attached hydrogen (secondary N) is 2. The molecule has 9 heteroatoms. The van der Waals surface area contributed by atoms with Crippen LogP contribution in [-0.2, 0) is 32.7 Å². The average Bonchev–Trinajstić information content (AvgIpc) is 2.86. The maximum Gasteiger partial charge on any atom is 0.407 e. The van der Waals surface area contributed by atoms with Gasteiger partial charge >= 0.3 is 6.09 Å². The lowest BCUT2D eigenvalue weighted by Crippen LogP contribution is -2.41. The number of hydrogen-bond acceptors (Lipinski definition) is 5. The maximum absolute atomic E-state index is 13.0. The minimum Gasteiger partial charge on any atom is -0.445 e. The number of benzene rings is 2. The summed E-state index contributed by atoms with van der Waals surface area (Å²) in [6, 6.07) is 15.9. The molecular weight excluding hydrogens is 442 g/mol. The fraction of sp³-hybridized carbons (Fsp3) is 0.333. The molecule has 0 bridgehead atoms. The van der Waals surface area contributed by atoms with Gasteiger partial charge in [0.2, 0.25) is 15.9 Å². The van der Waals surface area contributed by atoms with Crippen molar-refractivity contribution >= 4 is 22.0 Å². The molecule has 33 heavy (non-hydrogen) atoms. The van der Waals surface area contributed by atoms with E-state index in [1.807, 2.05) is 30.3 Å². The van der Waals surface area contributed by atoms with E-state index in [9.17, 15) is 18.0 Å². The van der Waals surface area contributed by atoms with Gasteiger partial charge in [0.1, 0.15) is 6.61 Å². The monoisotopic (exact) mass is 471 g/mol. The molecule has 2 amide bonds. The minimum absolute atomic E-state index is 0.182. The van der Waals surface area contributed by atoms with Gasteiger partial charge in [-0.15, -0.1) is 0 Å². The van der Waals surface area contributed by atoms with Crippen LogP contribution in [-0.4, -0.2) is 44.4 Å². The number of carbonyl (C=O) groups excluding carboxylic acids is 2. The molecule has 0 aromatic heterocycles. The van der Waals surface area contributed by atoms with E-state index in [0.717, 1.165) is 11.1 Å². The smallest absolute Gasteiger partial charge is 0.407 e. The number of amides is 2. The molecule has 2 N–H and O–H groups in total. The highest BCUT2D eigenvalue weighted by atomic mass is 32.2. The summed E-state index contributed by atoms with van der Waals surface area (Å²) in [4.78, 5) is 23.4. The summed E-state index contributed by atoms with van der Waals surface area (Å²) >= 11 is 0. The second-order valence-corrected chi connectivity index (χ2v) is 9.79. The van der Waals surface area contributed by atoms with Crippen LogP contribution in [0.3, 0.4) is 0 Å². The molecule has 0 radical (unpaired) electrons. The molecule has 2 aromatic carbocycles. The largest absolute Gasteiger partial charge is 0.445 e. The fourth-order valence-electron chi connectivity index (χ4n) is 3.55. The summed E-state index contributed by atoms with van der Waals surface area (Å²) in [5.41, 5.74) is 1.66. The topological polar surface area (TPSA) is 105 Å². The Labute approximate surface area is 194 Å². The van der Waals surface area contributed by atoms with Crippen LogP contribution in [0.25, 0.3) is 0 Å². The summed E-state index contributed by atoms with van der Waals surface area (Å²) in [7, 11) is -3.59. The Hall–Kier alpha value is -3.17. The van der Waals surface area contributed by atoms with Crippen molar-refractivity contribution in [2.45, 2.75) is 30.9 Å². The SMILES string of the molecule is C=CC(=O)NCC1CCN(S(=O)(=O)c2ccc(CNC(=O)OCc3ccccc3)cc2)CC1. The van der Waals surface area contributed by atoms with Gasteiger partial charge in [0.05, 0.1) is 4.90 Å². The van der Waals surface area contributed by atoms with Crippen LogP contribution in [0.5, 0.6) is 0 Å². The molecule has 176 valence electrons. The number of carbonyl (C=O) groups is 2. The van der Waals surface area contributed by atoms with Gasteiger partial charge < -0.3 is 15.4 Å². The van der Waals surface area contributed by atoms with Crippen LogP contribution in [0.1, 0.15) is 24.0 Å². The molecule has 1 fully saturated rings. The predicted molar refractivity (Wildman–Crippen MR) is 125 cm³/mol. The summed E-state index contributed by atoms with van der Waals surface area (Å²) in [6.45, 7) is 5.18. The third-order valence-electron chi connectivity index (χ3n) is 5.53. The van der Waals surface area contributed by atoms with Crippen LogP contribution in [0, 0.1) is 5.92 Å². The molecule has 0 aliphatic carbocycles. The number of sulfonamides is 1. The van der Waals surface area contributed by atoms with Gasteiger partial charge in [-0.2, -0.15) is 4.31 Å². The predicted octanol–water partition coefficient (Wildman–Crippen LogP) is 2.82. The van der Waals surface area contributed by atoms with Gasteiger partial charge in [0.15, 0.2) is 0 Å². The minimum atomic E-state index is -3.59. The van der Waals surface area contributed by atoms with Gasteiger partial charge in [0, 0.05) is 26.2 Å². The molecule has 0 saturated carbocycles. The van der Waals surface area contributed by atoms with Gasteiger partial charge in [-0.25, -0.2) is 13.2 Å². The molecule has 0 unspecified atom stereocenters. The average molecular weight is 472 g/mol. The highest BCUT2D eigenvalue weighted by molar-refractivity contribution is 7.89. The third kappa shape index (κ3) is 7.16. The van der Waals surface area contributed by atoms with E-state index in [2.05, 4.69) is 17.2 Å². The maximum atomic E-state index is 13.0. The Morgan fingerprint density at radius 1 is 1.00 bits per heavy atom. The first kappa shape index (κ1) is 24.5. The Morgan fingerprint density at radius 2 is 1.67 bits per heavy atom. The van der Waals surface area contributed by atoms with Crippen molar-refractivity contribution in [3.63, 3.8) is 0 Å². The third-order valence-corrected chi connectivity index (χ3v) is 7.45. The van der Waals surface area contributed by atoms with Gasteiger partial charge in [-0.1, -0.05) is 49.0 Å². The van der Waals surface area contributed by atoms with Crippen molar-refractivity contribution in [2.75, 3.05) is 19.6 Å². The first-order chi connectivity index (χ1) is 15.9. The number of hydrogen-bond donors (Lipinski definition) is 2. The van der Waals surface area contributed by atoms with Crippen molar-refractivity contribution in [2.24, 2.45) is 5.92 Å². The quantitative estimate of drug-likeness (QED) is 0.547. The molecule has 0 atom stereocenters. The lowest BCUT2D eigenvalue weighted by Gasteiger charge is -2.31. The van der Waals surface area contributed by atoms with Crippen molar-refractivity contribution in [1.29, 1.82) is 0 Å². The van der Waals surface area contributed by atoms with Gasteiger partial charge in [-0.05, 0) is 48.1 Å². The standard InChI is InChI=1S/C24H29N3O5S/c1-2-23(28)25-16-20-12-14-27(15-13-20)33(30,31)22-10-8-19(9-11-22)17-26-24(29)32-18-21-6-4-3-5-7-21/h2-11,20H,1,12-18H2,(H,25,28)(H,26,29). The molecule has 1 aliphatic heterocycles. The zero-order valence-corrected chi connectivity index (χ0v) is 19.2. The van der Waals surface area contributed by atoms with E-state index in [1.54, 1.807) is 24.3 Å². The van der Waals surface area contributed by atoms with E-state index in [-0.39, 0.29) is 29.9 Å². The molecule has 1 aliphatic rings. The zero-order valence-electron chi connectivity index (χ0n) is 18.4. The Kier molecular flexibility index (Phi) is 8.62. The lowest BCUT2D eigenvalue weighted by atomic mass is 9.98. The molecule has 2 aromatic rings. The van der Waals surface area contributed by atoms with Crippen molar-refractivity contribution in [3.8, 4) is 0 Å². The Bertz CT molecular complexity index is 1050. The number of rotatable bonds is 9. The normalized spacial score (nSPS) is 14.9. The second kappa shape index (κ2) is 11.6. The van der Waals surface area contributed by atoms with Crippen LogP contribution < -0.4 is 10.6 Å². The van der Waals surface area contributed by atoms with E-state index in [0.29, 0.717) is 32.5 Å². The molecule has 0 spiro atoms. The molecule has 1 heterocycles. The van der Waals surface area contributed by atoms with Crippen LogP contribution in [0.15, 0.2) is 72.1 Å². The second-order valence-electron chi connectivity index (χ2n) is 7.86. The highest BCUT2D eigenvalue weighted by Gasteiger charge is 2.29. The van der Waals surface area contributed by atoms with Crippen molar-refractivity contribution < 1.29 is 22.7 Å². The molecule has 3 rings (SSSR count). The van der Waals surface area contributed by atoms with E-state index < -0.39 is 16.1 Å². The van der Waals surface area contributed by atoms with Crippen LogP contribution in [0.2, 0.25) is 0 Å². The molecule has 1 saturated heterocycles. The Morgan fingerprint density at radius 3 is 2.30 bits per heavy atom. The van der Waals surface area contributed by atoms with Crippen molar-refractivity contribution in [3.05, 3.63) is 78.4 Å². The van der Waals surface area contributed by atoms with E-state index >= 15 is 0 Å². The summed E-state index contributed by atoms with van der Waals surface area (Å²) in [5, 5.41) is 5.43. The van der Waals surface area contributed by atoms with Crippen molar-refractivity contribution in [1.82, 2.24) is 14.9 Å². The lowest BCUT2D eigenvalue weighted by molar-refractivity contribution is -0.116. The van der Waals surface area contributed by atoms with Crippen LogP contribution >= 0.6 is 0 Å². The summed E-state index contributed by atoms with van der Waals surface area (Å²) in [6.07, 6.45) is 2.06. The number of alkyl carbamates (subject to hydrolysis) is 1. The van der Waals surface area contributed by atoms with E-state index in [4.69, 9.17) is 4.74 Å². The summed E-state index contributed by atoms with van der Waals surface area (Å²) < 4.78 is 32.6. The number of piperidine rings is 1. The first-order valence-electron chi connectivity index (χ1n) is 10.8. The van der Waals surface area contributed by atoms with Crippen LogP contribution in [0.4, 0.5) is 4.79 Å². The first-order valence-corrected chi connectivity index (χ1v) is 12.3.